The summed E-state index contributed by atoms with van der Waals surface area (Å²) in [5.41, 5.74) is 0. The maximum atomic E-state index is 3.07. The summed E-state index contributed by atoms with van der Waals surface area (Å²) >= 11 is 6.13. The van der Waals surface area contributed by atoms with Crippen molar-refractivity contribution in [2.24, 2.45) is 0 Å². The Bertz CT molecular complexity index is 1830. The second-order valence-corrected chi connectivity index (χ2v) is 18.4. The van der Waals surface area contributed by atoms with Crippen LogP contribution in [0.1, 0.15) is 0 Å². The smallest absolute Gasteiger partial charge is 0.0620 e. The monoisotopic (exact) mass is 1010 g/mol. The van der Waals surface area contributed by atoms with Gasteiger partial charge in [-0.3, -0.25) is 0 Å². The molecule has 0 aliphatic heterocycles. The molecule has 0 nitrogen and oxygen atoms in total. The van der Waals surface area contributed by atoms with Gasteiger partial charge in [-0.2, -0.15) is 0 Å². The molecule has 8 aromatic carbocycles. The fourth-order valence-corrected chi connectivity index (χ4v) is 12.7. The van der Waals surface area contributed by atoms with E-state index >= 15 is 0 Å². The van der Waals surface area contributed by atoms with Crippen LogP contribution in [0.4, 0.5) is 0 Å². The van der Waals surface area contributed by atoms with Crippen LogP contribution in [0.15, 0.2) is 218 Å². The third-order valence-corrected chi connectivity index (χ3v) is 15.1. The van der Waals surface area contributed by atoms with E-state index in [9.17, 15) is 0 Å². The summed E-state index contributed by atoms with van der Waals surface area (Å²) in [6, 6.07) is 77.5. The Morgan fingerprint density at radius 2 is 0.471 bits per heavy atom. The van der Waals surface area contributed by atoms with Gasteiger partial charge >= 0.3 is 88.1 Å². The largest absolute Gasteiger partial charge is 0.102 e. The Morgan fingerprint density at radius 1 is 0.255 bits per heavy atom. The van der Waals surface area contributed by atoms with Gasteiger partial charge in [0.05, 0.1) is 15.8 Å². The summed E-state index contributed by atoms with van der Waals surface area (Å²) < 4.78 is 2.42. The Balaban J connectivity index is 0.000000151. The van der Waals surface area contributed by atoms with Gasteiger partial charge in [-0.15, -0.1) is 0 Å². The van der Waals surface area contributed by atoms with Crippen LogP contribution in [-0.2, 0) is 21.1 Å². The summed E-state index contributed by atoms with van der Waals surface area (Å²) in [4.78, 5) is 0. The summed E-state index contributed by atoms with van der Waals surface area (Å²) in [5, 5.41) is 11.2. The van der Waals surface area contributed by atoms with E-state index in [2.05, 4.69) is 250 Å². The second kappa shape index (κ2) is 20.6. The first-order valence-corrected chi connectivity index (χ1v) is 21.3. The van der Waals surface area contributed by atoms with E-state index in [0.717, 1.165) is 0 Å². The van der Waals surface area contributed by atoms with E-state index < -0.39 is 15.8 Å². The number of benzene rings is 8. The molecule has 0 bridgehead atoms. The molecule has 5 heteroatoms. The van der Waals surface area contributed by atoms with Crippen LogP contribution in [0.3, 0.4) is 0 Å². The molecule has 8 rings (SSSR count). The third kappa shape index (κ3) is 10.8. The fourth-order valence-electron chi connectivity index (χ4n) is 5.90. The van der Waals surface area contributed by atoms with Gasteiger partial charge in [-0.25, -0.2) is 0 Å². The molecule has 0 aliphatic carbocycles. The topological polar surface area (TPSA) is 0 Å². The molecule has 0 saturated heterocycles. The van der Waals surface area contributed by atoms with Gasteiger partial charge < -0.3 is 0 Å². The van der Waals surface area contributed by atoms with Crippen molar-refractivity contribution in [1.82, 2.24) is 0 Å². The van der Waals surface area contributed by atoms with Crippen LogP contribution in [-0.4, -0.2) is 32.0 Å². The average molecular weight is 1010 g/mol. The molecule has 51 heavy (non-hydrogen) atoms. The zero-order valence-electron chi connectivity index (χ0n) is 27.9. The van der Waals surface area contributed by atoms with Gasteiger partial charge in [-0.05, 0) is 72.8 Å². The van der Waals surface area contributed by atoms with Gasteiger partial charge in [0, 0.05) is 21.1 Å². The van der Waals surface area contributed by atoms with Gasteiger partial charge in [0.2, 0.25) is 0 Å². The number of hydrogen-bond acceptors (Lipinski definition) is 0. The minimum Gasteiger partial charge on any atom is -0.0620 e. The van der Waals surface area contributed by atoms with Gasteiger partial charge in [0.25, 0.3) is 0 Å². The van der Waals surface area contributed by atoms with E-state index in [-0.39, 0.29) is 21.1 Å². The minimum absolute atomic E-state index is 0. The molecule has 2 radical (unpaired) electrons. The average Bonchev–Trinajstić information content (AvgIpc) is 3.18. The molecule has 252 valence electrons. The first kappa shape index (κ1) is 38.8. The molecule has 0 fully saturated rings. The SMILES string of the molecule is [Pt].[Se]c1cccc2cccc([Se])c12.c1ccc([PH+](c2ccccc2)c2ccccc2)cc1.c1ccc([PH+](c2ccccc2)c2ccccc2)cc1. The maximum absolute atomic E-state index is 3.07. The molecule has 0 aliphatic rings. The quantitative estimate of drug-likeness (QED) is 0.128. The van der Waals surface area contributed by atoms with Gasteiger partial charge in [0.1, 0.15) is 31.8 Å². The minimum atomic E-state index is -0.877. The van der Waals surface area contributed by atoms with Crippen molar-refractivity contribution in [3.63, 3.8) is 0 Å². The maximum Gasteiger partial charge on any atom is 0.102 e. The molecule has 0 atom stereocenters. The van der Waals surface area contributed by atoms with Crippen LogP contribution >= 0.6 is 15.8 Å². The molecule has 0 N–H and O–H groups in total. The summed E-state index contributed by atoms with van der Waals surface area (Å²) in [5.74, 6) is 0. The molecular formula is C46H38P2PtSe2+2. The molecule has 0 unspecified atom stereocenters. The van der Waals surface area contributed by atoms with E-state index in [1.165, 1.54) is 51.5 Å². The van der Waals surface area contributed by atoms with E-state index in [0.29, 0.717) is 0 Å². The standard InChI is InChI=1S/2C18H15P.C10H6Se2.Pt/c2*1-4-10-16(11-5-1)19(17-12-6-2-7-13-17)18-14-8-3-9-15-18;11-8-5-1-3-7-4-2-6-9(12)10(7)8;/h2*1-15H;1-6H;/p+2. The first-order valence-electron chi connectivity index (χ1n) is 16.6. The molecular weight excluding hydrogens is 967 g/mol. The van der Waals surface area contributed by atoms with Crippen molar-refractivity contribution in [2.75, 3.05) is 0 Å². The normalized spacial score (nSPS) is 10.3. The molecule has 8 aromatic rings. The first-order chi connectivity index (χ1) is 24.7. The number of rotatable bonds is 6. The Hall–Kier alpha value is -3.39. The van der Waals surface area contributed by atoms with Crippen LogP contribution in [0, 0.1) is 0 Å². The van der Waals surface area contributed by atoms with E-state index in [1.807, 2.05) is 0 Å². The zero-order chi connectivity index (χ0) is 34.4. The molecule has 0 spiro atoms. The Morgan fingerprint density at radius 3 is 0.667 bits per heavy atom. The molecule has 0 aromatic heterocycles. The number of fused-ring (bicyclic) bond motifs is 1. The molecule has 0 heterocycles. The third-order valence-electron chi connectivity index (χ3n) is 8.20. The van der Waals surface area contributed by atoms with Crippen molar-refractivity contribution in [3.8, 4) is 0 Å². The van der Waals surface area contributed by atoms with Crippen LogP contribution in [0.2, 0.25) is 0 Å². The van der Waals surface area contributed by atoms with Crippen LogP contribution < -0.4 is 40.8 Å². The van der Waals surface area contributed by atoms with Gasteiger partial charge in [0.15, 0.2) is 0 Å². The van der Waals surface area contributed by atoms with Crippen molar-refractivity contribution < 1.29 is 21.1 Å². The summed E-state index contributed by atoms with van der Waals surface area (Å²) in [6.45, 7) is 0. The van der Waals surface area contributed by atoms with Crippen molar-refractivity contribution in [3.05, 3.63) is 218 Å². The van der Waals surface area contributed by atoms with Crippen LogP contribution in [0.25, 0.3) is 10.8 Å². The predicted molar refractivity (Wildman–Crippen MR) is 228 cm³/mol. The predicted octanol–water partition coefficient (Wildman–Crippen LogP) is 6.78. The Labute approximate surface area is 336 Å². The Kier molecular flexibility index (Phi) is 15.7. The van der Waals surface area contributed by atoms with E-state index in [4.69, 9.17) is 0 Å². The second-order valence-electron chi connectivity index (χ2n) is 11.6. The van der Waals surface area contributed by atoms with Crippen molar-refractivity contribution >= 4 is 99.4 Å². The molecule has 0 amide bonds. The summed E-state index contributed by atoms with van der Waals surface area (Å²) in [7, 11) is -1.75. The van der Waals surface area contributed by atoms with E-state index in [1.54, 1.807) is 0 Å². The van der Waals surface area contributed by atoms with Crippen LogP contribution in [0.5, 0.6) is 0 Å². The summed E-state index contributed by atoms with van der Waals surface area (Å²) in [6.07, 6.45) is 0. The van der Waals surface area contributed by atoms with Crippen molar-refractivity contribution in [1.29, 1.82) is 0 Å². The zero-order valence-corrected chi connectivity index (χ0v) is 35.6. The van der Waals surface area contributed by atoms with Crippen molar-refractivity contribution in [2.45, 2.75) is 0 Å². The molecule has 0 saturated carbocycles. The van der Waals surface area contributed by atoms with Gasteiger partial charge in [-0.1, -0.05) is 109 Å². The number of hydrogen-bond donors (Lipinski definition) is 0. The fraction of sp³-hybridized carbons (Fsp3) is 0.